The Balaban J connectivity index is 1.53. The Morgan fingerprint density at radius 3 is 2.77 bits per heavy atom. The number of para-hydroxylation sites is 1. The van der Waals surface area contributed by atoms with Crippen LogP contribution in [0.2, 0.25) is 0 Å². The summed E-state index contributed by atoms with van der Waals surface area (Å²) in [7, 11) is -1.93. The van der Waals surface area contributed by atoms with Gasteiger partial charge in [0.15, 0.2) is 5.13 Å². The lowest BCUT2D eigenvalue weighted by Crippen LogP contribution is -2.28. The highest BCUT2D eigenvalue weighted by Crippen LogP contribution is 2.28. The molecule has 1 aromatic carbocycles. The molecule has 0 spiro atoms. The number of thiophene rings is 1. The van der Waals surface area contributed by atoms with Crippen molar-refractivity contribution in [1.29, 1.82) is 0 Å². The van der Waals surface area contributed by atoms with Gasteiger partial charge >= 0.3 is 0 Å². The molecule has 26 heavy (non-hydrogen) atoms. The fourth-order valence-electron chi connectivity index (χ4n) is 2.47. The first-order valence-corrected chi connectivity index (χ1v) is 11.2. The summed E-state index contributed by atoms with van der Waals surface area (Å²) in [6.45, 7) is 2.27. The minimum absolute atomic E-state index is 0.163. The van der Waals surface area contributed by atoms with Gasteiger partial charge in [-0.15, -0.1) is 11.3 Å². The summed E-state index contributed by atoms with van der Waals surface area (Å²) < 4.78 is 27.3. The molecule has 0 fully saturated rings. The maximum absolute atomic E-state index is 12.3. The largest absolute Gasteiger partial charge is 0.302 e. The number of aryl methyl sites for hydroxylation is 1. The molecule has 2 aromatic heterocycles. The van der Waals surface area contributed by atoms with Crippen LogP contribution in [0.4, 0.5) is 5.13 Å². The second kappa shape index (κ2) is 7.83. The lowest BCUT2D eigenvalue weighted by Gasteiger charge is -2.15. The summed E-state index contributed by atoms with van der Waals surface area (Å²) in [5, 5.41) is 5.10. The lowest BCUT2D eigenvalue weighted by atomic mass is 10.2. The molecule has 6 nitrogen and oxygen atoms in total. The molecule has 0 atom stereocenters. The summed E-state index contributed by atoms with van der Waals surface area (Å²) in [5.74, 6) is -0.163. The van der Waals surface area contributed by atoms with Crippen LogP contribution in [0.1, 0.15) is 18.4 Å². The molecular formula is C17H19N3O3S3. The van der Waals surface area contributed by atoms with E-state index in [9.17, 15) is 13.2 Å². The van der Waals surface area contributed by atoms with Crippen molar-refractivity contribution in [1.82, 2.24) is 9.29 Å². The predicted molar refractivity (Wildman–Crippen MR) is 106 cm³/mol. The summed E-state index contributed by atoms with van der Waals surface area (Å²) >= 11 is 2.62. The number of aromatic nitrogens is 1. The molecule has 9 heteroatoms. The van der Waals surface area contributed by atoms with E-state index in [-0.39, 0.29) is 18.9 Å². The Morgan fingerprint density at radius 1 is 1.27 bits per heavy atom. The van der Waals surface area contributed by atoms with Gasteiger partial charge in [-0.25, -0.2) is 17.7 Å². The van der Waals surface area contributed by atoms with E-state index < -0.39 is 10.0 Å². The number of hydrogen-bond donors (Lipinski definition) is 1. The average Bonchev–Trinajstić information content (AvgIpc) is 3.24. The number of nitrogens with zero attached hydrogens (tertiary/aromatic N) is 2. The number of thiazole rings is 1. The van der Waals surface area contributed by atoms with Crippen molar-refractivity contribution in [3.63, 3.8) is 0 Å². The predicted octanol–water partition coefficient (Wildman–Crippen LogP) is 3.71. The normalized spacial score (nSPS) is 12.0. The second-order valence-corrected chi connectivity index (χ2v) is 10.1. The number of carbonyl (C=O) groups is 1. The number of benzene rings is 1. The first-order valence-electron chi connectivity index (χ1n) is 8.04. The Labute approximate surface area is 160 Å². The average molecular weight is 410 g/mol. The highest BCUT2D eigenvalue weighted by Gasteiger charge is 2.21. The molecule has 0 bridgehead atoms. The summed E-state index contributed by atoms with van der Waals surface area (Å²) in [4.78, 5) is 16.6. The number of sulfonamides is 1. The highest BCUT2D eigenvalue weighted by molar-refractivity contribution is 7.91. The van der Waals surface area contributed by atoms with Crippen molar-refractivity contribution < 1.29 is 13.2 Å². The molecule has 0 unspecified atom stereocenters. The molecule has 138 valence electrons. The molecule has 0 saturated carbocycles. The van der Waals surface area contributed by atoms with E-state index in [4.69, 9.17) is 0 Å². The third kappa shape index (κ3) is 4.12. The quantitative estimate of drug-likeness (QED) is 0.645. The Morgan fingerprint density at radius 2 is 2.08 bits per heavy atom. The zero-order chi connectivity index (χ0) is 18.7. The number of carbonyl (C=O) groups excluding carboxylic acids is 1. The second-order valence-electron chi connectivity index (χ2n) is 5.85. The van der Waals surface area contributed by atoms with Crippen LogP contribution in [0.3, 0.4) is 0 Å². The lowest BCUT2D eigenvalue weighted by molar-refractivity contribution is -0.116. The van der Waals surface area contributed by atoms with Crippen molar-refractivity contribution in [3.8, 4) is 0 Å². The number of hydrogen-bond acceptors (Lipinski definition) is 6. The Kier molecular flexibility index (Phi) is 5.71. The molecule has 3 rings (SSSR count). The molecule has 0 aliphatic heterocycles. The minimum Gasteiger partial charge on any atom is -0.302 e. The summed E-state index contributed by atoms with van der Waals surface area (Å²) in [6, 6.07) is 9.21. The van der Waals surface area contributed by atoms with E-state index in [1.54, 1.807) is 17.5 Å². The molecule has 0 aliphatic carbocycles. The highest BCUT2D eigenvalue weighted by atomic mass is 32.2. The van der Waals surface area contributed by atoms with Gasteiger partial charge in [-0.2, -0.15) is 0 Å². The number of nitrogens with one attached hydrogen (secondary N) is 1. The summed E-state index contributed by atoms with van der Waals surface area (Å²) in [5.41, 5.74) is 1.97. The van der Waals surface area contributed by atoms with E-state index in [0.717, 1.165) is 15.8 Å². The van der Waals surface area contributed by atoms with Crippen LogP contribution in [0.15, 0.2) is 39.9 Å². The zero-order valence-corrected chi connectivity index (χ0v) is 16.9. The zero-order valence-electron chi connectivity index (χ0n) is 14.4. The van der Waals surface area contributed by atoms with E-state index in [2.05, 4.69) is 10.3 Å². The fourth-order valence-corrected chi connectivity index (χ4v) is 5.84. The molecule has 1 N–H and O–H groups in total. The monoisotopic (exact) mass is 409 g/mol. The van der Waals surface area contributed by atoms with Crippen molar-refractivity contribution in [2.75, 3.05) is 18.9 Å². The third-order valence-corrected chi connectivity index (χ3v) is 8.07. The fraction of sp³-hybridized carbons (Fsp3) is 0.294. The van der Waals surface area contributed by atoms with Crippen molar-refractivity contribution in [2.24, 2.45) is 0 Å². The van der Waals surface area contributed by atoms with Crippen LogP contribution >= 0.6 is 22.7 Å². The van der Waals surface area contributed by atoms with Gasteiger partial charge < -0.3 is 5.32 Å². The van der Waals surface area contributed by atoms with Crippen molar-refractivity contribution in [3.05, 3.63) is 41.3 Å². The smallest absolute Gasteiger partial charge is 0.252 e. The van der Waals surface area contributed by atoms with Gasteiger partial charge in [0.05, 0.1) is 10.2 Å². The van der Waals surface area contributed by atoms with Crippen molar-refractivity contribution in [2.45, 2.75) is 24.0 Å². The Bertz CT molecular complexity index is 1010. The standard InChI is InChI=1S/C17H19N3O3S3/c1-12-6-3-7-13-16(12)19-17(25-13)18-14(21)8-4-10-20(2)26(22,23)15-9-5-11-24-15/h3,5-7,9,11H,4,8,10H2,1-2H3,(H,18,19,21). The first kappa shape index (κ1) is 19.0. The molecule has 0 aliphatic rings. The van der Waals surface area contributed by atoms with E-state index in [0.29, 0.717) is 15.8 Å². The van der Waals surface area contributed by atoms with Crippen LogP contribution < -0.4 is 5.32 Å². The Hall–Kier alpha value is -1.81. The summed E-state index contributed by atoms with van der Waals surface area (Å²) in [6.07, 6.45) is 0.677. The maximum atomic E-state index is 12.3. The van der Waals surface area contributed by atoms with Gasteiger partial charge in [-0.05, 0) is 36.4 Å². The minimum atomic E-state index is -3.46. The number of amides is 1. The number of anilines is 1. The number of rotatable bonds is 7. The van der Waals surface area contributed by atoms with Gasteiger partial charge in [0.1, 0.15) is 4.21 Å². The maximum Gasteiger partial charge on any atom is 0.252 e. The molecular weight excluding hydrogens is 390 g/mol. The van der Waals surface area contributed by atoms with Gasteiger partial charge in [0, 0.05) is 20.0 Å². The molecule has 2 heterocycles. The van der Waals surface area contributed by atoms with Gasteiger partial charge in [0.2, 0.25) is 5.91 Å². The molecule has 0 saturated heterocycles. The molecule has 3 aromatic rings. The van der Waals surface area contributed by atoms with Crippen LogP contribution in [0, 0.1) is 6.92 Å². The first-order chi connectivity index (χ1) is 12.4. The van der Waals surface area contributed by atoms with E-state index in [1.807, 2.05) is 25.1 Å². The topological polar surface area (TPSA) is 79.4 Å². The molecule has 1 amide bonds. The van der Waals surface area contributed by atoms with Crippen LogP contribution in [-0.4, -0.2) is 37.2 Å². The van der Waals surface area contributed by atoms with Gasteiger partial charge in [-0.3, -0.25) is 4.79 Å². The SMILES string of the molecule is Cc1cccc2sc(NC(=O)CCCN(C)S(=O)(=O)c3cccs3)nc12. The number of fused-ring (bicyclic) bond motifs is 1. The van der Waals surface area contributed by atoms with E-state index in [1.165, 1.54) is 34.0 Å². The molecule has 0 radical (unpaired) electrons. The van der Waals surface area contributed by atoms with Crippen LogP contribution in [-0.2, 0) is 14.8 Å². The van der Waals surface area contributed by atoms with E-state index >= 15 is 0 Å². The van der Waals surface area contributed by atoms with Crippen LogP contribution in [0.25, 0.3) is 10.2 Å². The van der Waals surface area contributed by atoms with Gasteiger partial charge in [-0.1, -0.05) is 29.5 Å². The van der Waals surface area contributed by atoms with Crippen molar-refractivity contribution >= 4 is 54.0 Å². The van der Waals surface area contributed by atoms with Crippen LogP contribution in [0.5, 0.6) is 0 Å². The van der Waals surface area contributed by atoms with Gasteiger partial charge in [0.25, 0.3) is 10.0 Å². The third-order valence-electron chi connectivity index (χ3n) is 3.90.